The minimum Gasteiger partial charge on any atom is -0.454 e. The molecule has 6 N–H and O–H groups in total. The van der Waals surface area contributed by atoms with Crippen molar-refractivity contribution in [2.24, 2.45) is 0 Å². The van der Waals surface area contributed by atoms with Crippen LogP contribution >= 0.6 is 0 Å². The Labute approximate surface area is 468 Å². The Morgan fingerprint density at radius 3 is 1.55 bits per heavy atom. The molecule has 11 nitrogen and oxygen atoms in total. The highest BCUT2D eigenvalue weighted by Crippen LogP contribution is 2.26. The van der Waals surface area contributed by atoms with Gasteiger partial charge < -0.3 is 45.1 Å². The van der Waals surface area contributed by atoms with Crippen LogP contribution in [0.25, 0.3) is 0 Å². The van der Waals surface area contributed by atoms with Gasteiger partial charge in [-0.1, -0.05) is 239 Å². The Balaban J connectivity index is 2.73. The third-order valence-corrected chi connectivity index (χ3v) is 13.4. The zero-order valence-corrected chi connectivity index (χ0v) is 48.3. The molecular weight excluding hydrogens is 967 g/mol. The summed E-state index contributed by atoms with van der Waals surface area (Å²) in [6, 6.07) is -1.05. The number of hydrogen-bond acceptors (Lipinski definition) is 10. The van der Waals surface area contributed by atoms with Crippen molar-refractivity contribution in [2.75, 3.05) is 13.2 Å². The van der Waals surface area contributed by atoms with Gasteiger partial charge in [0.15, 0.2) is 12.4 Å². The summed E-state index contributed by atoms with van der Waals surface area (Å²) in [6.45, 7) is 5.49. The molecule has 438 valence electrons. The molecule has 0 aliphatic carbocycles. The smallest absolute Gasteiger partial charge is 0.306 e. The highest BCUT2D eigenvalue weighted by molar-refractivity contribution is 5.80. The topological polar surface area (TPSA) is 175 Å². The van der Waals surface area contributed by atoms with Gasteiger partial charge in [0.1, 0.15) is 24.4 Å². The van der Waals surface area contributed by atoms with Gasteiger partial charge in [-0.2, -0.15) is 0 Å². The average Bonchev–Trinajstić information content (AvgIpc) is 3.43. The first-order valence-corrected chi connectivity index (χ1v) is 30.3. The Morgan fingerprint density at radius 2 is 1.00 bits per heavy atom. The standard InChI is InChI=1S/C66H109NO10/c1-4-7-10-13-16-19-22-25-26-27-28-29-30-31-32-33-36-38-41-44-47-50-53-59(70)65(74)67-57(58(69)52-49-46-43-40-37-34-23-20-17-14-11-8-5-2)56-75-66-64(63(73)62(72)60(55-68)76-66)77-61(71)54-51-48-45-42-39-35-24-21-18-15-12-9-6-3/h7,9-10,12,15-16,18-19,21,24-26,28-29,31-32,36,38,49,52,57-60,62-64,66,68-70,72-73H,4-6,8,11,13-14,17,20,22-23,27,30,33-35,37,39-48,50-51,53-56H2,1-3H3,(H,67,74)/b10-7-,12-9+,18-15+,19-16-,24-21-,26-25-,29-28-,32-31-,38-36-,52-49+. The van der Waals surface area contributed by atoms with E-state index in [1.165, 1.54) is 51.4 Å². The lowest BCUT2D eigenvalue weighted by molar-refractivity contribution is -0.305. The minimum atomic E-state index is -1.63. The lowest BCUT2D eigenvalue weighted by Gasteiger charge is -2.41. The molecule has 8 atom stereocenters. The highest BCUT2D eigenvalue weighted by atomic mass is 16.7. The molecule has 0 saturated carbocycles. The van der Waals surface area contributed by atoms with Gasteiger partial charge in [-0.3, -0.25) is 9.59 Å². The van der Waals surface area contributed by atoms with E-state index in [1.807, 2.05) is 24.3 Å². The van der Waals surface area contributed by atoms with Crippen LogP contribution in [0, 0.1) is 0 Å². The molecule has 0 spiro atoms. The second-order valence-corrected chi connectivity index (χ2v) is 20.4. The zero-order chi connectivity index (χ0) is 56.1. The molecule has 1 aliphatic rings. The number of aliphatic hydroxyl groups excluding tert-OH is 5. The predicted molar refractivity (Wildman–Crippen MR) is 319 cm³/mol. The fourth-order valence-corrected chi connectivity index (χ4v) is 8.65. The van der Waals surface area contributed by atoms with Gasteiger partial charge in [-0.25, -0.2) is 0 Å². The van der Waals surface area contributed by atoms with Crippen molar-refractivity contribution in [1.29, 1.82) is 0 Å². The Bertz CT molecular complexity index is 1710. The summed E-state index contributed by atoms with van der Waals surface area (Å²) < 4.78 is 17.6. The quantitative estimate of drug-likeness (QED) is 0.0149. The first kappa shape index (κ1) is 71.1. The maximum absolute atomic E-state index is 13.4. The van der Waals surface area contributed by atoms with E-state index in [9.17, 15) is 35.1 Å². The third kappa shape index (κ3) is 40.8. The summed E-state index contributed by atoms with van der Waals surface area (Å²) in [7, 11) is 0. The number of nitrogens with one attached hydrogen (secondary N) is 1. The summed E-state index contributed by atoms with van der Waals surface area (Å²) in [5.74, 6) is -1.25. The van der Waals surface area contributed by atoms with Crippen molar-refractivity contribution in [2.45, 2.75) is 269 Å². The molecule has 1 saturated heterocycles. The fraction of sp³-hybridized carbons (Fsp3) is 0.667. The highest BCUT2D eigenvalue weighted by Gasteiger charge is 2.47. The number of ether oxygens (including phenoxy) is 3. The lowest BCUT2D eigenvalue weighted by atomic mass is 9.99. The molecule has 11 heteroatoms. The van der Waals surface area contributed by atoms with Gasteiger partial charge in [0.05, 0.1) is 25.4 Å². The maximum atomic E-state index is 13.4. The Kier molecular flexibility index (Phi) is 48.7. The second-order valence-electron chi connectivity index (χ2n) is 20.4. The number of carbonyl (C=O) groups is 2. The molecule has 0 radical (unpaired) electrons. The first-order chi connectivity index (χ1) is 37.7. The zero-order valence-electron chi connectivity index (χ0n) is 48.3. The SMILES string of the molecule is CC/C=C\C/C=C\C/C=C\C/C=C\C/C=C\C/C=C\CCCCCC(O)C(=O)NC(COC1OC(CO)C(O)C(O)C1OC(=O)CCCCCCC\C=C/C=C/C=C/CC)C(O)/C=C/CCCCCCCCCCCCC. The van der Waals surface area contributed by atoms with Crippen LogP contribution < -0.4 is 5.32 Å². The number of aliphatic hydroxyl groups is 5. The number of amides is 1. The molecule has 1 fully saturated rings. The van der Waals surface area contributed by atoms with Crippen LogP contribution in [0.5, 0.6) is 0 Å². The fourth-order valence-electron chi connectivity index (χ4n) is 8.65. The molecule has 1 heterocycles. The van der Waals surface area contributed by atoms with Crippen molar-refractivity contribution in [3.8, 4) is 0 Å². The molecule has 77 heavy (non-hydrogen) atoms. The van der Waals surface area contributed by atoms with Crippen LogP contribution in [0.4, 0.5) is 0 Å². The third-order valence-electron chi connectivity index (χ3n) is 13.4. The number of carbonyl (C=O) groups excluding carboxylic acids is 2. The summed E-state index contributed by atoms with van der Waals surface area (Å²) in [5.41, 5.74) is 0. The Morgan fingerprint density at radius 1 is 0.532 bits per heavy atom. The van der Waals surface area contributed by atoms with E-state index in [0.29, 0.717) is 12.8 Å². The number of rotatable bonds is 49. The van der Waals surface area contributed by atoms with Crippen molar-refractivity contribution < 1.29 is 49.3 Å². The average molecular weight is 1080 g/mol. The van der Waals surface area contributed by atoms with Gasteiger partial charge in [-0.05, 0) is 96.3 Å². The van der Waals surface area contributed by atoms with E-state index < -0.39 is 67.4 Å². The first-order valence-electron chi connectivity index (χ1n) is 30.3. The van der Waals surface area contributed by atoms with Crippen molar-refractivity contribution in [1.82, 2.24) is 5.32 Å². The van der Waals surface area contributed by atoms with Crippen molar-refractivity contribution in [3.63, 3.8) is 0 Å². The molecule has 1 rings (SSSR count). The molecular formula is C66H109NO10. The van der Waals surface area contributed by atoms with Gasteiger partial charge in [-0.15, -0.1) is 0 Å². The largest absolute Gasteiger partial charge is 0.454 e. The number of esters is 1. The summed E-state index contributed by atoms with van der Waals surface area (Å²) in [6.07, 6.45) is 62.4. The molecule has 0 aromatic rings. The summed E-state index contributed by atoms with van der Waals surface area (Å²) in [4.78, 5) is 26.5. The lowest BCUT2D eigenvalue weighted by Crippen LogP contribution is -2.61. The molecule has 1 amide bonds. The van der Waals surface area contributed by atoms with Crippen LogP contribution in [-0.2, 0) is 23.8 Å². The van der Waals surface area contributed by atoms with E-state index in [4.69, 9.17) is 14.2 Å². The normalized spacial score (nSPS) is 19.9. The molecule has 1 aliphatic heterocycles. The van der Waals surface area contributed by atoms with Crippen molar-refractivity contribution >= 4 is 11.9 Å². The number of allylic oxidation sites excluding steroid dienone is 19. The van der Waals surface area contributed by atoms with Crippen LogP contribution in [-0.4, -0.2) is 99.6 Å². The minimum absolute atomic E-state index is 0.0904. The van der Waals surface area contributed by atoms with Gasteiger partial charge in [0.25, 0.3) is 0 Å². The molecule has 0 aromatic carbocycles. The van der Waals surface area contributed by atoms with E-state index in [1.54, 1.807) is 6.08 Å². The summed E-state index contributed by atoms with van der Waals surface area (Å²) >= 11 is 0. The van der Waals surface area contributed by atoms with E-state index in [0.717, 1.165) is 122 Å². The van der Waals surface area contributed by atoms with Crippen LogP contribution in [0.1, 0.15) is 220 Å². The summed E-state index contributed by atoms with van der Waals surface area (Å²) in [5, 5.41) is 56.9. The Hall–Kier alpha value is -3.94. The van der Waals surface area contributed by atoms with Gasteiger partial charge in [0, 0.05) is 6.42 Å². The number of unbranched alkanes of at least 4 members (excludes halogenated alkanes) is 19. The van der Waals surface area contributed by atoms with Crippen molar-refractivity contribution in [3.05, 3.63) is 122 Å². The maximum Gasteiger partial charge on any atom is 0.306 e. The van der Waals surface area contributed by atoms with Crippen LogP contribution in [0.2, 0.25) is 0 Å². The monoisotopic (exact) mass is 1080 g/mol. The molecule has 8 unspecified atom stereocenters. The van der Waals surface area contributed by atoms with Gasteiger partial charge in [0.2, 0.25) is 5.91 Å². The van der Waals surface area contributed by atoms with E-state index >= 15 is 0 Å². The molecule has 0 bridgehead atoms. The predicted octanol–water partition coefficient (Wildman–Crippen LogP) is 14.3. The number of hydrogen-bond donors (Lipinski definition) is 6. The van der Waals surface area contributed by atoms with Gasteiger partial charge >= 0.3 is 5.97 Å². The van der Waals surface area contributed by atoms with E-state index in [-0.39, 0.29) is 19.4 Å². The van der Waals surface area contributed by atoms with Crippen LogP contribution in [0.15, 0.2) is 122 Å². The van der Waals surface area contributed by atoms with E-state index in [2.05, 4.69) is 117 Å². The molecule has 0 aromatic heterocycles. The van der Waals surface area contributed by atoms with Crippen LogP contribution in [0.3, 0.4) is 0 Å². The second kappa shape index (κ2) is 52.7.